The van der Waals surface area contributed by atoms with Crippen molar-refractivity contribution in [1.29, 1.82) is 0 Å². The fourth-order valence-corrected chi connectivity index (χ4v) is 4.79. The lowest BCUT2D eigenvalue weighted by Gasteiger charge is -2.25. The van der Waals surface area contributed by atoms with Crippen LogP contribution in [-0.2, 0) is 12.0 Å². The molecular weight excluding hydrogens is 492 g/mol. The molecular formula is C31H44N4O4. The molecule has 1 aromatic heterocycles. The minimum Gasteiger partial charge on any atom is -0.496 e. The maximum atomic E-state index is 13.2. The van der Waals surface area contributed by atoms with E-state index in [-0.39, 0.29) is 17.4 Å². The van der Waals surface area contributed by atoms with Gasteiger partial charge >= 0.3 is 6.03 Å². The van der Waals surface area contributed by atoms with Crippen molar-refractivity contribution >= 4 is 11.7 Å². The summed E-state index contributed by atoms with van der Waals surface area (Å²) < 4.78 is 18.6. The smallest absolute Gasteiger partial charge is 0.319 e. The van der Waals surface area contributed by atoms with Gasteiger partial charge in [-0.15, -0.1) is 0 Å². The Morgan fingerprint density at radius 2 is 1.72 bits per heavy atom. The van der Waals surface area contributed by atoms with Gasteiger partial charge in [-0.25, -0.2) is 4.79 Å². The minimum atomic E-state index is -0.239. The average molecular weight is 537 g/mol. The highest BCUT2D eigenvalue weighted by Crippen LogP contribution is 2.39. The van der Waals surface area contributed by atoms with Gasteiger partial charge in [-0.2, -0.15) is 5.10 Å². The predicted octanol–water partition coefficient (Wildman–Crippen LogP) is 6.74. The predicted molar refractivity (Wildman–Crippen MR) is 156 cm³/mol. The molecule has 1 heterocycles. The van der Waals surface area contributed by atoms with E-state index in [2.05, 4.69) is 55.6 Å². The fraction of sp³-hybridized carbons (Fsp3) is 0.484. The molecule has 0 fully saturated rings. The zero-order valence-electron chi connectivity index (χ0n) is 24.5. The number of hydrogen-bond acceptors (Lipinski definition) is 5. The first-order chi connectivity index (χ1) is 18.7. The molecule has 0 aliphatic rings. The number of carbonyl (C=O) groups is 1. The van der Waals surface area contributed by atoms with E-state index in [1.807, 2.05) is 35.1 Å². The Morgan fingerprint density at radius 3 is 2.33 bits per heavy atom. The van der Waals surface area contributed by atoms with Crippen molar-refractivity contribution in [2.45, 2.75) is 71.3 Å². The summed E-state index contributed by atoms with van der Waals surface area (Å²) in [6.45, 7) is 9.71. The first-order valence-corrected chi connectivity index (χ1v) is 13.7. The molecule has 212 valence electrons. The Kier molecular flexibility index (Phi) is 10.7. The third-order valence-electron chi connectivity index (χ3n) is 6.88. The molecule has 2 amide bonds. The van der Waals surface area contributed by atoms with Crippen LogP contribution in [0, 0.1) is 0 Å². The van der Waals surface area contributed by atoms with Gasteiger partial charge in [0.1, 0.15) is 5.75 Å². The summed E-state index contributed by atoms with van der Waals surface area (Å²) in [4.78, 5) is 13.2. The Labute approximate surface area is 233 Å². The standard InChI is InChI=1S/C31H44N4O4/c1-8-9-10-12-23(24-18-28(38-6)29(39-7)19-27(24)37-5)20-32-30(36)34-26-17-22(21-35-16-11-15-33-35)13-14-25(26)31(2,3)4/h11,13-19,23H,8-10,12,20-21H2,1-7H3,(H2,32,34,36). The first kappa shape index (κ1) is 29.9. The van der Waals surface area contributed by atoms with Crippen molar-refractivity contribution in [2.24, 2.45) is 0 Å². The van der Waals surface area contributed by atoms with Gasteiger partial charge in [-0.3, -0.25) is 4.68 Å². The van der Waals surface area contributed by atoms with E-state index in [0.717, 1.165) is 53.8 Å². The number of anilines is 1. The molecule has 3 aromatic rings. The van der Waals surface area contributed by atoms with Gasteiger partial charge in [0.15, 0.2) is 11.5 Å². The van der Waals surface area contributed by atoms with Crippen molar-refractivity contribution < 1.29 is 19.0 Å². The highest BCUT2D eigenvalue weighted by Gasteiger charge is 2.23. The molecule has 8 heteroatoms. The number of urea groups is 1. The Morgan fingerprint density at radius 1 is 1.00 bits per heavy atom. The lowest BCUT2D eigenvalue weighted by Crippen LogP contribution is -2.33. The maximum Gasteiger partial charge on any atom is 0.319 e. The average Bonchev–Trinajstić information content (AvgIpc) is 3.42. The molecule has 0 aliphatic carbocycles. The van der Waals surface area contributed by atoms with E-state index in [1.54, 1.807) is 27.5 Å². The monoisotopic (exact) mass is 536 g/mol. The summed E-state index contributed by atoms with van der Waals surface area (Å²) in [5.74, 6) is 2.02. The molecule has 2 N–H and O–H groups in total. The second-order valence-electron chi connectivity index (χ2n) is 10.8. The number of methoxy groups -OCH3 is 3. The Balaban J connectivity index is 1.81. The lowest BCUT2D eigenvalue weighted by atomic mass is 9.85. The number of aromatic nitrogens is 2. The van der Waals surface area contributed by atoms with Gasteiger partial charge in [0.05, 0.1) is 27.9 Å². The number of nitrogens with zero attached hydrogens (tertiary/aromatic N) is 2. The molecule has 0 bridgehead atoms. The largest absolute Gasteiger partial charge is 0.496 e. The summed E-state index contributed by atoms with van der Waals surface area (Å²) in [5, 5.41) is 10.6. The van der Waals surface area contributed by atoms with E-state index in [9.17, 15) is 4.79 Å². The summed E-state index contributed by atoms with van der Waals surface area (Å²) >= 11 is 0. The van der Waals surface area contributed by atoms with Crippen LogP contribution in [-0.4, -0.2) is 43.7 Å². The van der Waals surface area contributed by atoms with Crippen molar-refractivity contribution in [1.82, 2.24) is 15.1 Å². The van der Waals surface area contributed by atoms with Gasteiger partial charge in [0, 0.05) is 42.2 Å². The zero-order chi connectivity index (χ0) is 28.4. The second-order valence-corrected chi connectivity index (χ2v) is 10.8. The molecule has 0 saturated heterocycles. The van der Waals surface area contributed by atoms with Crippen LogP contribution >= 0.6 is 0 Å². The van der Waals surface area contributed by atoms with Crippen molar-refractivity contribution in [3.8, 4) is 17.2 Å². The van der Waals surface area contributed by atoms with Crippen LogP contribution in [0.3, 0.4) is 0 Å². The molecule has 1 unspecified atom stereocenters. The van der Waals surface area contributed by atoms with Crippen molar-refractivity contribution in [2.75, 3.05) is 33.2 Å². The number of ether oxygens (including phenoxy) is 3. The van der Waals surface area contributed by atoms with Gasteiger partial charge < -0.3 is 24.8 Å². The lowest BCUT2D eigenvalue weighted by molar-refractivity contribution is 0.251. The Hall–Kier alpha value is -3.68. The van der Waals surface area contributed by atoms with E-state index in [1.165, 1.54) is 0 Å². The molecule has 3 rings (SSSR count). The molecule has 0 saturated carbocycles. The number of rotatable bonds is 13. The summed E-state index contributed by atoms with van der Waals surface area (Å²) in [6.07, 6.45) is 7.89. The van der Waals surface area contributed by atoms with Crippen molar-refractivity contribution in [3.63, 3.8) is 0 Å². The molecule has 0 radical (unpaired) electrons. The van der Waals surface area contributed by atoms with Crippen LogP contribution in [0.4, 0.5) is 10.5 Å². The third kappa shape index (κ3) is 8.15. The van der Waals surface area contributed by atoms with Crippen LogP contribution in [0.25, 0.3) is 0 Å². The van der Waals surface area contributed by atoms with Gasteiger partial charge in [0.2, 0.25) is 0 Å². The zero-order valence-corrected chi connectivity index (χ0v) is 24.5. The minimum absolute atomic E-state index is 0.0466. The van der Waals surface area contributed by atoms with E-state index in [4.69, 9.17) is 14.2 Å². The number of amides is 2. The molecule has 0 aliphatic heterocycles. The van der Waals surface area contributed by atoms with E-state index >= 15 is 0 Å². The fourth-order valence-electron chi connectivity index (χ4n) is 4.79. The van der Waals surface area contributed by atoms with Gasteiger partial charge in [0.25, 0.3) is 0 Å². The van der Waals surface area contributed by atoms with Crippen LogP contribution in [0.15, 0.2) is 48.8 Å². The summed E-state index contributed by atoms with van der Waals surface area (Å²) in [6, 6.07) is 11.7. The number of hydrogen-bond donors (Lipinski definition) is 2. The van der Waals surface area contributed by atoms with E-state index < -0.39 is 0 Å². The van der Waals surface area contributed by atoms with Gasteiger partial charge in [-0.05, 0) is 41.2 Å². The molecule has 2 aromatic carbocycles. The van der Waals surface area contributed by atoms with Crippen LogP contribution in [0.5, 0.6) is 17.2 Å². The summed E-state index contributed by atoms with van der Waals surface area (Å²) in [5.41, 5.74) is 3.79. The maximum absolute atomic E-state index is 13.2. The number of unbranched alkanes of at least 4 members (excludes halogenated alkanes) is 2. The highest BCUT2D eigenvalue weighted by atomic mass is 16.5. The molecule has 8 nitrogen and oxygen atoms in total. The second kappa shape index (κ2) is 13.9. The topological polar surface area (TPSA) is 86.6 Å². The third-order valence-corrected chi connectivity index (χ3v) is 6.88. The number of carbonyl (C=O) groups excluding carboxylic acids is 1. The van der Waals surface area contributed by atoms with Crippen LogP contribution in [0.2, 0.25) is 0 Å². The Bertz CT molecular complexity index is 1200. The van der Waals surface area contributed by atoms with Crippen LogP contribution < -0.4 is 24.8 Å². The highest BCUT2D eigenvalue weighted by molar-refractivity contribution is 5.90. The van der Waals surface area contributed by atoms with Gasteiger partial charge in [-0.1, -0.05) is 59.1 Å². The molecule has 39 heavy (non-hydrogen) atoms. The van der Waals surface area contributed by atoms with Crippen LogP contribution in [0.1, 0.15) is 76.0 Å². The molecule has 1 atom stereocenters. The normalized spacial score (nSPS) is 12.1. The van der Waals surface area contributed by atoms with Crippen molar-refractivity contribution in [3.05, 3.63) is 65.5 Å². The number of nitrogens with one attached hydrogen (secondary N) is 2. The number of benzene rings is 2. The first-order valence-electron chi connectivity index (χ1n) is 13.7. The summed E-state index contributed by atoms with van der Waals surface area (Å²) in [7, 11) is 4.88. The van der Waals surface area contributed by atoms with E-state index in [0.29, 0.717) is 24.6 Å². The quantitative estimate of drug-likeness (QED) is 0.236. The molecule has 0 spiro atoms. The SMILES string of the molecule is CCCCCC(CNC(=O)Nc1cc(Cn2cccn2)ccc1C(C)(C)C)c1cc(OC)c(OC)cc1OC.